The Bertz CT molecular complexity index is 72.2. The van der Waals surface area contributed by atoms with Gasteiger partial charge in [0.05, 0.1) is 0 Å². The normalized spacial score (nSPS) is 12.9. The molecule has 0 saturated carbocycles. The van der Waals surface area contributed by atoms with Crippen molar-refractivity contribution in [3.05, 3.63) is 11.0 Å². The van der Waals surface area contributed by atoms with Crippen LogP contribution in [0, 0.1) is 5.92 Å². The van der Waals surface area contributed by atoms with Gasteiger partial charge in [-0.3, -0.25) is 0 Å². The summed E-state index contributed by atoms with van der Waals surface area (Å²) in [6.07, 6.45) is 0. The lowest BCUT2D eigenvalue weighted by atomic mass is 10.1. The van der Waals surface area contributed by atoms with Crippen LogP contribution >= 0.6 is 12.6 Å². The highest BCUT2D eigenvalue weighted by Crippen LogP contribution is 2.07. The monoisotopic (exact) mass is 115 g/mol. The van der Waals surface area contributed by atoms with Gasteiger partial charge in [0.15, 0.2) is 0 Å². The quantitative estimate of drug-likeness (QED) is 0.493. The molecule has 0 aromatic heterocycles. The molecule has 0 atom stereocenters. The topological polar surface area (TPSA) is 0 Å². The van der Waals surface area contributed by atoms with Crippen LogP contribution in [-0.2, 0) is 0 Å². The summed E-state index contributed by atoms with van der Waals surface area (Å²) < 4.78 is 0. The molecular formula is C6H11S. The van der Waals surface area contributed by atoms with Crippen LogP contribution in [-0.4, -0.2) is 0 Å². The van der Waals surface area contributed by atoms with Crippen LogP contribution in [0.5, 0.6) is 0 Å². The Morgan fingerprint density at radius 2 is 2.00 bits per heavy atom. The molecule has 1 heteroatoms. The van der Waals surface area contributed by atoms with Crippen molar-refractivity contribution in [3.8, 4) is 0 Å². The number of hydrogen-bond acceptors (Lipinski definition) is 0. The molecule has 0 aliphatic heterocycles. The minimum atomic E-state index is 0.623. The molecule has 41 valence electrons. The van der Waals surface area contributed by atoms with Crippen molar-refractivity contribution >= 4 is 12.6 Å². The maximum atomic E-state index is 4.69. The molecule has 0 fully saturated rings. The average Bonchev–Trinajstić information content (AvgIpc) is 1.65. The predicted molar refractivity (Wildman–Crippen MR) is 36.2 cm³/mol. The molecular weight excluding hydrogens is 104 g/mol. The van der Waals surface area contributed by atoms with Crippen LogP contribution in [0.3, 0.4) is 0 Å². The van der Waals surface area contributed by atoms with E-state index in [1.165, 1.54) is 5.57 Å². The Morgan fingerprint density at radius 3 is 2.00 bits per heavy atom. The largest absolute Gasteiger partial charge is 0.0888 e. The van der Waals surface area contributed by atoms with Crippen LogP contribution < -0.4 is 0 Å². The summed E-state index contributed by atoms with van der Waals surface area (Å²) in [5.41, 5.74) is 1.29. The zero-order valence-corrected chi connectivity index (χ0v) is 5.88. The zero-order chi connectivity index (χ0) is 5.86. The Morgan fingerprint density at radius 1 is 1.57 bits per heavy atom. The zero-order valence-electron chi connectivity index (χ0n) is 5.06. The third-order valence-corrected chi connectivity index (χ3v) is 1.47. The molecule has 0 spiro atoms. The SMILES string of the molecule is CC(=C[S])C(C)C. The molecule has 0 bridgehead atoms. The molecule has 0 aliphatic carbocycles. The molecule has 0 unspecified atom stereocenters. The first-order valence-electron chi connectivity index (χ1n) is 2.47. The highest BCUT2D eigenvalue weighted by molar-refractivity contribution is 7.83. The summed E-state index contributed by atoms with van der Waals surface area (Å²) in [5.74, 6) is 0.623. The lowest BCUT2D eigenvalue weighted by molar-refractivity contribution is 0.772. The van der Waals surface area contributed by atoms with Gasteiger partial charge in [-0.05, 0) is 12.8 Å². The summed E-state index contributed by atoms with van der Waals surface area (Å²) in [5, 5.41) is 1.74. The first-order chi connectivity index (χ1) is 3.18. The molecule has 0 aromatic carbocycles. The van der Waals surface area contributed by atoms with Gasteiger partial charge in [0.25, 0.3) is 0 Å². The number of rotatable bonds is 1. The van der Waals surface area contributed by atoms with Gasteiger partial charge in [0.2, 0.25) is 0 Å². The molecule has 0 nitrogen and oxygen atoms in total. The molecule has 0 amide bonds. The van der Waals surface area contributed by atoms with Gasteiger partial charge in [-0.2, -0.15) is 0 Å². The van der Waals surface area contributed by atoms with E-state index in [0.717, 1.165) is 0 Å². The van der Waals surface area contributed by atoms with E-state index in [-0.39, 0.29) is 0 Å². The van der Waals surface area contributed by atoms with Crippen molar-refractivity contribution in [2.45, 2.75) is 20.8 Å². The van der Waals surface area contributed by atoms with E-state index >= 15 is 0 Å². The Labute approximate surface area is 51.0 Å². The van der Waals surface area contributed by atoms with Gasteiger partial charge in [0.1, 0.15) is 0 Å². The maximum absolute atomic E-state index is 4.69. The minimum Gasteiger partial charge on any atom is -0.0888 e. The average molecular weight is 115 g/mol. The summed E-state index contributed by atoms with van der Waals surface area (Å²) in [4.78, 5) is 0. The maximum Gasteiger partial charge on any atom is 0.000530 e. The van der Waals surface area contributed by atoms with Crippen molar-refractivity contribution in [1.29, 1.82) is 0 Å². The predicted octanol–water partition coefficient (Wildman–Crippen LogP) is 2.74. The fraction of sp³-hybridized carbons (Fsp3) is 0.667. The van der Waals surface area contributed by atoms with Crippen molar-refractivity contribution < 1.29 is 0 Å². The fourth-order valence-electron chi connectivity index (χ4n) is 0.136. The van der Waals surface area contributed by atoms with Crippen LogP contribution in [0.15, 0.2) is 11.0 Å². The first-order valence-corrected chi connectivity index (χ1v) is 2.94. The molecule has 0 aromatic rings. The lowest BCUT2D eigenvalue weighted by Crippen LogP contribution is -1.85. The number of allylic oxidation sites excluding steroid dienone is 1. The van der Waals surface area contributed by atoms with E-state index in [2.05, 4.69) is 33.4 Å². The van der Waals surface area contributed by atoms with Crippen LogP contribution in [0.25, 0.3) is 0 Å². The van der Waals surface area contributed by atoms with Crippen LogP contribution in [0.4, 0.5) is 0 Å². The highest BCUT2D eigenvalue weighted by atomic mass is 32.1. The fourth-order valence-corrected chi connectivity index (χ4v) is 0.408. The summed E-state index contributed by atoms with van der Waals surface area (Å²) >= 11 is 4.69. The van der Waals surface area contributed by atoms with Gasteiger partial charge in [-0.25, -0.2) is 0 Å². The molecule has 0 heterocycles. The smallest absolute Gasteiger partial charge is 0.000530 e. The van der Waals surface area contributed by atoms with E-state index in [1.54, 1.807) is 5.41 Å². The Kier molecular flexibility index (Phi) is 3.01. The third kappa shape index (κ3) is 2.63. The van der Waals surface area contributed by atoms with Gasteiger partial charge in [-0.1, -0.05) is 32.0 Å². The second kappa shape index (κ2) is 3.03. The lowest BCUT2D eigenvalue weighted by Gasteiger charge is -1.99. The van der Waals surface area contributed by atoms with E-state index in [4.69, 9.17) is 0 Å². The Balaban J connectivity index is 3.56. The van der Waals surface area contributed by atoms with Crippen molar-refractivity contribution in [2.24, 2.45) is 5.92 Å². The summed E-state index contributed by atoms with van der Waals surface area (Å²) in [6, 6.07) is 0. The Hall–Kier alpha value is -0.0400. The first kappa shape index (κ1) is 6.96. The van der Waals surface area contributed by atoms with Gasteiger partial charge in [-0.15, -0.1) is 0 Å². The molecule has 0 N–H and O–H groups in total. The van der Waals surface area contributed by atoms with E-state index in [1.807, 2.05) is 0 Å². The summed E-state index contributed by atoms with van der Waals surface area (Å²) in [6.45, 7) is 6.33. The second-order valence-electron chi connectivity index (χ2n) is 2.02. The summed E-state index contributed by atoms with van der Waals surface area (Å²) in [7, 11) is 0. The van der Waals surface area contributed by atoms with E-state index in [9.17, 15) is 0 Å². The third-order valence-electron chi connectivity index (χ3n) is 1.10. The molecule has 1 radical (unpaired) electrons. The van der Waals surface area contributed by atoms with Crippen molar-refractivity contribution in [3.63, 3.8) is 0 Å². The van der Waals surface area contributed by atoms with Gasteiger partial charge >= 0.3 is 0 Å². The molecule has 7 heavy (non-hydrogen) atoms. The van der Waals surface area contributed by atoms with Crippen LogP contribution in [0.1, 0.15) is 20.8 Å². The van der Waals surface area contributed by atoms with Crippen molar-refractivity contribution in [1.82, 2.24) is 0 Å². The number of hydrogen-bond donors (Lipinski definition) is 0. The van der Waals surface area contributed by atoms with Gasteiger partial charge < -0.3 is 0 Å². The van der Waals surface area contributed by atoms with Crippen LogP contribution in [0.2, 0.25) is 0 Å². The van der Waals surface area contributed by atoms with Crippen molar-refractivity contribution in [2.75, 3.05) is 0 Å². The standard InChI is InChI=1S/C6H11S/c1-5(2)6(3)4-7/h4-5H,1-3H3. The highest BCUT2D eigenvalue weighted by Gasteiger charge is 1.91. The second-order valence-corrected chi connectivity index (χ2v) is 2.25. The van der Waals surface area contributed by atoms with Gasteiger partial charge in [0, 0.05) is 5.41 Å². The van der Waals surface area contributed by atoms with E-state index < -0.39 is 0 Å². The molecule has 0 rings (SSSR count). The van der Waals surface area contributed by atoms with E-state index in [0.29, 0.717) is 5.92 Å². The minimum absolute atomic E-state index is 0.623. The molecule has 0 aliphatic rings. The molecule has 0 saturated heterocycles.